The van der Waals surface area contributed by atoms with E-state index in [1.807, 2.05) is 0 Å². The highest BCUT2D eigenvalue weighted by Crippen LogP contribution is 2.20. The van der Waals surface area contributed by atoms with Crippen molar-refractivity contribution in [2.45, 2.75) is 30.8 Å². The number of rotatable bonds is 7. The number of aliphatic hydroxyl groups is 1. The quantitative estimate of drug-likeness (QED) is 0.660. The number of hydrogen-bond donors (Lipinski definition) is 3. The molecule has 1 rings (SSSR count). The summed E-state index contributed by atoms with van der Waals surface area (Å²) in [6.07, 6.45) is 0.466. The molecule has 0 radical (unpaired) electrons. The molecule has 1 aromatic rings. The molecule has 0 aliphatic carbocycles. The van der Waals surface area contributed by atoms with Crippen LogP contribution in [-0.4, -0.2) is 37.2 Å². The lowest BCUT2D eigenvalue weighted by Gasteiger charge is -2.09. The zero-order valence-corrected chi connectivity index (χ0v) is 12.4. The first-order valence-corrected chi connectivity index (χ1v) is 7.80. The smallest absolute Gasteiger partial charge is 0.337 e. The van der Waals surface area contributed by atoms with E-state index in [1.165, 1.54) is 12.1 Å². The maximum atomic E-state index is 12.0. The molecule has 1 aromatic carbocycles. The SMILES string of the molecule is CC(O)CCCNS(=O)(=O)c1ccc(Cl)c(C(=O)O)c1. The summed E-state index contributed by atoms with van der Waals surface area (Å²) in [6.45, 7) is 1.78. The second-order valence-corrected chi connectivity index (χ2v) is 6.51. The van der Waals surface area contributed by atoms with Crippen molar-refractivity contribution in [2.24, 2.45) is 0 Å². The number of carboxylic acid groups (broad SMARTS) is 1. The monoisotopic (exact) mass is 321 g/mol. The first kappa shape index (κ1) is 16.9. The number of sulfonamides is 1. The van der Waals surface area contributed by atoms with Gasteiger partial charge in [-0.3, -0.25) is 0 Å². The van der Waals surface area contributed by atoms with Crippen molar-refractivity contribution >= 4 is 27.6 Å². The highest BCUT2D eigenvalue weighted by molar-refractivity contribution is 7.89. The molecule has 1 atom stereocenters. The molecule has 6 nitrogen and oxygen atoms in total. The fourth-order valence-corrected chi connectivity index (χ4v) is 2.82. The van der Waals surface area contributed by atoms with Crippen molar-refractivity contribution in [1.82, 2.24) is 4.72 Å². The van der Waals surface area contributed by atoms with Gasteiger partial charge in [0.1, 0.15) is 0 Å². The fraction of sp³-hybridized carbons (Fsp3) is 0.417. The Bertz CT molecular complexity index is 586. The molecule has 0 bridgehead atoms. The third kappa shape index (κ3) is 4.75. The molecule has 1 unspecified atom stereocenters. The average molecular weight is 322 g/mol. The minimum Gasteiger partial charge on any atom is -0.478 e. The second kappa shape index (κ2) is 7.03. The molecule has 0 saturated heterocycles. The summed E-state index contributed by atoms with van der Waals surface area (Å²) >= 11 is 5.68. The highest BCUT2D eigenvalue weighted by atomic mass is 35.5. The molecule has 0 amide bonds. The Morgan fingerprint density at radius 3 is 2.65 bits per heavy atom. The van der Waals surface area contributed by atoms with Gasteiger partial charge in [0.15, 0.2) is 0 Å². The third-order valence-corrected chi connectivity index (χ3v) is 4.36. The van der Waals surface area contributed by atoms with Gasteiger partial charge in [0.2, 0.25) is 10.0 Å². The van der Waals surface area contributed by atoms with Crippen LogP contribution in [-0.2, 0) is 10.0 Å². The molecule has 8 heteroatoms. The second-order valence-electron chi connectivity index (χ2n) is 4.34. The van der Waals surface area contributed by atoms with Crippen LogP contribution in [0.15, 0.2) is 23.1 Å². The molecule has 3 N–H and O–H groups in total. The van der Waals surface area contributed by atoms with E-state index in [0.29, 0.717) is 12.8 Å². The zero-order chi connectivity index (χ0) is 15.3. The summed E-state index contributed by atoms with van der Waals surface area (Å²) in [4.78, 5) is 10.8. The van der Waals surface area contributed by atoms with Crippen molar-refractivity contribution in [3.05, 3.63) is 28.8 Å². The summed E-state index contributed by atoms with van der Waals surface area (Å²) in [5.74, 6) is -1.29. The normalized spacial score (nSPS) is 13.2. The van der Waals surface area contributed by atoms with Gasteiger partial charge in [0.25, 0.3) is 0 Å². The molecule has 0 aliphatic rings. The number of carboxylic acids is 1. The lowest BCUT2D eigenvalue weighted by molar-refractivity contribution is 0.0697. The first-order valence-electron chi connectivity index (χ1n) is 5.94. The Morgan fingerprint density at radius 2 is 2.10 bits per heavy atom. The van der Waals surface area contributed by atoms with Crippen molar-refractivity contribution in [1.29, 1.82) is 0 Å². The summed E-state index contributed by atoms with van der Waals surface area (Å²) in [5.41, 5.74) is -0.265. The van der Waals surface area contributed by atoms with E-state index in [2.05, 4.69) is 4.72 Å². The van der Waals surface area contributed by atoms with Crippen LogP contribution in [0.1, 0.15) is 30.1 Å². The molecular formula is C12H16ClNO5S. The van der Waals surface area contributed by atoms with E-state index in [-0.39, 0.29) is 22.0 Å². The largest absolute Gasteiger partial charge is 0.478 e. The van der Waals surface area contributed by atoms with Gasteiger partial charge in [0.05, 0.1) is 21.6 Å². The van der Waals surface area contributed by atoms with E-state index in [4.69, 9.17) is 21.8 Å². The molecule has 0 aliphatic heterocycles. The number of aliphatic hydroxyl groups excluding tert-OH is 1. The predicted molar refractivity (Wildman–Crippen MR) is 74.5 cm³/mol. The Kier molecular flexibility index (Phi) is 5.94. The van der Waals surface area contributed by atoms with Crippen LogP contribution in [0, 0.1) is 0 Å². The lowest BCUT2D eigenvalue weighted by Crippen LogP contribution is -2.25. The minimum absolute atomic E-state index is 0.0226. The van der Waals surface area contributed by atoms with Crippen LogP contribution < -0.4 is 4.72 Å². The van der Waals surface area contributed by atoms with Crippen LogP contribution in [0.2, 0.25) is 5.02 Å². The van der Waals surface area contributed by atoms with Gasteiger partial charge >= 0.3 is 5.97 Å². The van der Waals surface area contributed by atoms with E-state index < -0.39 is 22.1 Å². The van der Waals surface area contributed by atoms with Gasteiger partial charge in [0, 0.05) is 6.54 Å². The summed E-state index contributed by atoms with van der Waals surface area (Å²) in [7, 11) is -3.78. The predicted octanol–water partition coefficient (Wildman–Crippen LogP) is 1.48. The van der Waals surface area contributed by atoms with Crippen LogP contribution in [0.4, 0.5) is 0 Å². The highest BCUT2D eigenvalue weighted by Gasteiger charge is 2.17. The number of halogens is 1. The third-order valence-electron chi connectivity index (χ3n) is 2.57. The van der Waals surface area contributed by atoms with Gasteiger partial charge in [-0.15, -0.1) is 0 Å². The number of carbonyl (C=O) groups is 1. The zero-order valence-electron chi connectivity index (χ0n) is 10.8. The van der Waals surface area contributed by atoms with Gasteiger partial charge in [-0.05, 0) is 38.0 Å². The van der Waals surface area contributed by atoms with E-state index in [1.54, 1.807) is 6.92 Å². The summed E-state index contributed by atoms with van der Waals surface area (Å²) < 4.78 is 26.2. The van der Waals surface area contributed by atoms with Gasteiger partial charge in [-0.1, -0.05) is 11.6 Å². The molecule has 0 spiro atoms. The van der Waals surface area contributed by atoms with Gasteiger partial charge in [-0.2, -0.15) is 0 Å². The molecular weight excluding hydrogens is 306 g/mol. The number of nitrogens with one attached hydrogen (secondary N) is 1. The molecule has 20 heavy (non-hydrogen) atoms. The Hall–Kier alpha value is -1.15. The summed E-state index contributed by atoms with van der Waals surface area (Å²) in [6, 6.07) is 3.49. The van der Waals surface area contributed by atoms with Crippen LogP contribution >= 0.6 is 11.6 Å². The standard InChI is InChI=1S/C12H16ClNO5S/c1-8(15)3-2-6-14-20(18,19)9-4-5-11(13)10(7-9)12(16)17/h4-5,7-8,14-15H,2-3,6H2,1H3,(H,16,17). The van der Waals surface area contributed by atoms with Crippen molar-refractivity contribution < 1.29 is 23.4 Å². The van der Waals surface area contributed by atoms with Gasteiger partial charge < -0.3 is 10.2 Å². The number of benzene rings is 1. The summed E-state index contributed by atoms with van der Waals surface area (Å²) in [5, 5.41) is 18.0. The van der Waals surface area contributed by atoms with Crippen molar-refractivity contribution in [3.8, 4) is 0 Å². The topological polar surface area (TPSA) is 104 Å². The van der Waals surface area contributed by atoms with Crippen LogP contribution in [0.5, 0.6) is 0 Å². The average Bonchev–Trinajstić information content (AvgIpc) is 2.34. The van der Waals surface area contributed by atoms with Crippen LogP contribution in [0.25, 0.3) is 0 Å². The Balaban J connectivity index is 2.82. The van der Waals surface area contributed by atoms with Gasteiger partial charge in [-0.25, -0.2) is 17.9 Å². The fourth-order valence-electron chi connectivity index (χ4n) is 1.52. The van der Waals surface area contributed by atoms with Crippen molar-refractivity contribution in [3.63, 3.8) is 0 Å². The molecule has 0 saturated carbocycles. The lowest BCUT2D eigenvalue weighted by atomic mass is 10.2. The molecule has 0 fully saturated rings. The Morgan fingerprint density at radius 1 is 1.45 bits per heavy atom. The van der Waals surface area contributed by atoms with E-state index >= 15 is 0 Å². The first-order chi connectivity index (χ1) is 9.24. The van der Waals surface area contributed by atoms with Crippen molar-refractivity contribution in [2.75, 3.05) is 6.54 Å². The Labute approximate surface area is 122 Å². The number of aromatic carboxylic acids is 1. The van der Waals surface area contributed by atoms with E-state index in [0.717, 1.165) is 6.07 Å². The maximum Gasteiger partial charge on any atom is 0.337 e. The molecule has 0 heterocycles. The molecule has 0 aromatic heterocycles. The number of hydrogen-bond acceptors (Lipinski definition) is 4. The van der Waals surface area contributed by atoms with Crippen LogP contribution in [0.3, 0.4) is 0 Å². The minimum atomic E-state index is -3.78. The van der Waals surface area contributed by atoms with E-state index in [9.17, 15) is 13.2 Å². The molecule has 112 valence electrons. The maximum absolute atomic E-state index is 12.0.